The number of amides is 2. The standard InChI is InChI=1S/C52H71N9O11S.C33H49N5O10/c1-36(54-30-38-10-12-39(13-11-38)48-37(2)55-35-73-48)45-28-41(62)33-61(45)51(65)49(52(3,4)5)57-47(64)34-72-27-26-71-25-24-70-23-22-69-21-20-68-19-18-67-17-16-66-15-14-60-32-40(31-56-60)43-29-44(58-59-50(43)53)42-8-6-7-9-46(42)63;1-33(2,3)48-31(40)25-47-21-20-46-19-18-45-17-16-44-15-14-43-13-12-42-11-10-41-9-8-38-24-26(23-35-38)28-22-29(36-37-32(28)34)27-6-4-5-7-30(27)39/h6-13,29,31-32,35,41,45,49,54,62-63H,1,14-28,30,33-34H2,2-5H3,(H2,53,59)(H,57,64);4-7,22-24,39H,8-21,25H2,1-3H3,(H2,34,37)/t41-,45+,49-;/m1./s1. The van der Waals surface area contributed by atoms with Gasteiger partial charge in [0.1, 0.15) is 36.4 Å². The van der Waals surface area contributed by atoms with E-state index in [2.05, 4.69) is 77.1 Å². The number of ether oxygens (including phenoxy) is 15. The van der Waals surface area contributed by atoms with E-state index < -0.39 is 41.1 Å². The summed E-state index contributed by atoms with van der Waals surface area (Å²) < 4.78 is 86.0. The van der Waals surface area contributed by atoms with Crippen molar-refractivity contribution in [2.24, 2.45) is 5.41 Å². The fourth-order valence-electron chi connectivity index (χ4n) is 11.9. The number of carbonyl (C=O) groups is 3. The third-order valence-electron chi connectivity index (χ3n) is 18.0. The number of nitrogens with two attached hydrogens (primary N) is 2. The van der Waals surface area contributed by atoms with Gasteiger partial charge in [-0.3, -0.25) is 19.0 Å². The number of aryl methyl sites for hydroxylation is 1. The predicted molar refractivity (Wildman–Crippen MR) is 453 cm³/mol. The molecular weight excluding hydrogens is 1590 g/mol. The zero-order chi connectivity index (χ0) is 86.5. The van der Waals surface area contributed by atoms with Crippen LogP contribution in [-0.4, -0.2) is 298 Å². The Morgan fingerprint density at radius 2 is 0.926 bits per heavy atom. The minimum absolute atomic E-state index is 0.0902. The van der Waals surface area contributed by atoms with E-state index in [1.807, 2.05) is 78.5 Å². The maximum atomic E-state index is 14.0. The molecule has 8 aromatic rings. The van der Waals surface area contributed by atoms with Crippen LogP contribution in [0.4, 0.5) is 11.6 Å². The number of hydrogen-bond donors (Lipinski definition) is 7. The van der Waals surface area contributed by atoms with Gasteiger partial charge in [0, 0.05) is 71.0 Å². The Morgan fingerprint density at radius 1 is 0.529 bits per heavy atom. The molecule has 3 aromatic carbocycles. The lowest BCUT2D eigenvalue weighted by Gasteiger charge is -2.36. The number of phenolic OH excluding ortho intramolecular Hbond substituents is 2. The number of thiazole rings is 1. The number of aromatic nitrogens is 9. The first-order chi connectivity index (χ1) is 58.5. The summed E-state index contributed by atoms with van der Waals surface area (Å²) in [7, 11) is 0. The molecule has 1 fully saturated rings. The van der Waals surface area contributed by atoms with Gasteiger partial charge in [-0.1, -0.05) is 75.9 Å². The van der Waals surface area contributed by atoms with Crippen LogP contribution in [-0.2, 0) is 105 Å². The number of nitrogens with one attached hydrogen (secondary N) is 2. The molecule has 121 heavy (non-hydrogen) atoms. The first kappa shape index (κ1) is 96.9. The number of rotatable bonds is 57. The number of anilines is 2. The van der Waals surface area contributed by atoms with Gasteiger partial charge in [0.2, 0.25) is 11.8 Å². The third kappa shape index (κ3) is 35.8. The van der Waals surface area contributed by atoms with Crippen molar-refractivity contribution in [3.05, 3.63) is 139 Å². The fourth-order valence-corrected chi connectivity index (χ4v) is 12.7. The monoisotopic (exact) mass is 1700 g/mol. The van der Waals surface area contributed by atoms with Gasteiger partial charge in [-0.05, 0) is 80.6 Å². The van der Waals surface area contributed by atoms with Crippen LogP contribution in [0.3, 0.4) is 0 Å². The minimum atomic E-state index is -0.855. The molecule has 6 heterocycles. The molecule has 2 amide bonds. The lowest BCUT2D eigenvalue weighted by Crippen LogP contribution is -2.57. The van der Waals surface area contributed by atoms with Gasteiger partial charge in [0.15, 0.2) is 11.6 Å². The number of nitrogens with zero attached hydrogens (tertiary/aromatic N) is 10. The molecule has 0 saturated carbocycles. The predicted octanol–water partition coefficient (Wildman–Crippen LogP) is 7.39. The van der Waals surface area contributed by atoms with Crippen LogP contribution in [0, 0.1) is 12.3 Å². The second-order valence-corrected chi connectivity index (χ2v) is 30.6. The van der Waals surface area contributed by atoms with Crippen molar-refractivity contribution in [2.75, 3.05) is 203 Å². The number of para-hydroxylation sites is 2. The van der Waals surface area contributed by atoms with E-state index in [0.717, 1.165) is 32.8 Å². The van der Waals surface area contributed by atoms with Gasteiger partial charge >= 0.3 is 5.97 Å². The SMILES string of the molecule is C=C(NCc1ccc(-c2scnc2C)cc1)[C@@H]1C[C@@H](O)CN1C(=O)[C@@H](NC(=O)COCCOCCOCCOCCOCCOCCOCCn1cc(-c2cc(-c3ccccc3O)nnc2N)cn1)C(C)(C)C.CC(C)(C)OC(=O)COCCOCCOCCOCCOCCOCCOCCn1cc(-c2cc(-c3ccccc3O)nnc2N)cn1. The first-order valence-corrected chi connectivity index (χ1v) is 41.3. The number of aromatic hydroxyl groups is 2. The fraction of sp³-hybridized carbons (Fsp3) is 0.529. The van der Waals surface area contributed by atoms with Crippen molar-refractivity contribution < 1.29 is 101 Å². The topological polar surface area (TPSA) is 430 Å². The van der Waals surface area contributed by atoms with Crippen molar-refractivity contribution in [3.8, 4) is 66.7 Å². The Bertz CT molecular complexity index is 4330. The molecule has 1 aliphatic rings. The van der Waals surface area contributed by atoms with E-state index in [0.29, 0.717) is 224 Å². The Labute approximate surface area is 710 Å². The summed E-state index contributed by atoms with van der Waals surface area (Å²) in [5.41, 5.74) is 21.8. The molecule has 36 heteroatoms. The summed E-state index contributed by atoms with van der Waals surface area (Å²) in [6.45, 7) is 29.5. The normalized spacial score (nSPS) is 13.8. The number of phenols is 2. The van der Waals surface area contributed by atoms with Crippen LogP contribution in [0.5, 0.6) is 11.5 Å². The maximum absolute atomic E-state index is 14.0. The molecule has 9 rings (SSSR count). The highest BCUT2D eigenvalue weighted by Crippen LogP contribution is 2.35. The van der Waals surface area contributed by atoms with E-state index in [1.165, 1.54) is 0 Å². The van der Waals surface area contributed by atoms with Crippen molar-refractivity contribution in [3.63, 3.8) is 0 Å². The number of likely N-dealkylation sites (tertiary alicyclic amines) is 1. The van der Waals surface area contributed by atoms with Crippen molar-refractivity contribution in [1.82, 2.24) is 60.5 Å². The van der Waals surface area contributed by atoms with Crippen molar-refractivity contribution in [2.45, 2.75) is 98.3 Å². The highest BCUT2D eigenvalue weighted by atomic mass is 32.1. The van der Waals surface area contributed by atoms with Gasteiger partial charge in [-0.2, -0.15) is 10.2 Å². The van der Waals surface area contributed by atoms with Crippen LogP contribution >= 0.6 is 11.3 Å². The van der Waals surface area contributed by atoms with Crippen molar-refractivity contribution in [1.29, 1.82) is 0 Å². The number of nitrogen functional groups attached to an aromatic ring is 2. The average molecular weight is 1710 g/mol. The van der Waals surface area contributed by atoms with Gasteiger partial charge in [0.05, 0.1) is 237 Å². The Balaban J connectivity index is 0.000000329. The molecule has 0 radical (unpaired) electrons. The molecule has 0 unspecified atom stereocenters. The van der Waals surface area contributed by atoms with Crippen LogP contribution in [0.25, 0.3) is 55.2 Å². The lowest BCUT2D eigenvalue weighted by molar-refractivity contribution is -0.160. The van der Waals surface area contributed by atoms with Gasteiger partial charge in [-0.25, -0.2) is 9.78 Å². The molecule has 0 aliphatic carbocycles. The zero-order valence-electron chi connectivity index (χ0n) is 70.5. The van der Waals surface area contributed by atoms with Crippen LogP contribution in [0.2, 0.25) is 0 Å². The number of esters is 1. The first-order valence-electron chi connectivity index (χ1n) is 40.4. The number of benzene rings is 3. The molecule has 1 saturated heterocycles. The molecule has 35 nitrogen and oxygen atoms in total. The summed E-state index contributed by atoms with van der Waals surface area (Å²) in [5, 5.41) is 62.4. The second-order valence-electron chi connectivity index (χ2n) is 29.7. The third-order valence-corrected chi connectivity index (χ3v) is 19.0. The maximum Gasteiger partial charge on any atom is 0.332 e. The molecule has 0 spiro atoms. The minimum Gasteiger partial charge on any atom is -0.507 e. The van der Waals surface area contributed by atoms with E-state index in [1.54, 1.807) is 86.5 Å². The Morgan fingerprint density at radius 3 is 1.31 bits per heavy atom. The molecule has 9 N–H and O–H groups in total. The number of aliphatic hydroxyl groups is 1. The van der Waals surface area contributed by atoms with E-state index in [-0.39, 0.29) is 62.0 Å². The highest BCUT2D eigenvalue weighted by molar-refractivity contribution is 7.13. The van der Waals surface area contributed by atoms with Gasteiger partial charge < -0.3 is 113 Å². The summed E-state index contributed by atoms with van der Waals surface area (Å²) in [6.07, 6.45) is 6.77. The van der Waals surface area contributed by atoms with E-state index in [9.17, 15) is 29.7 Å². The Kier molecular flexibility index (Phi) is 42.7. The van der Waals surface area contributed by atoms with Gasteiger partial charge in [0.25, 0.3) is 0 Å². The molecular formula is C85H120N14O21S. The highest BCUT2D eigenvalue weighted by Gasteiger charge is 2.43. The Hall–Kier alpha value is -9.58. The smallest absolute Gasteiger partial charge is 0.332 e. The lowest BCUT2D eigenvalue weighted by atomic mass is 9.85. The number of carbonyl (C=O) groups excluding carboxylic acids is 3. The molecule has 1 aliphatic heterocycles. The van der Waals surface area contributed by atoms with E-state index in [4.69, 9.17) is 82.5 Å². The molecule has 0 bridgehead atoms. The number of hydrogen-bond acceptors (Lipinski definition) is 32. The quantitative estimate of drug-likeness (QED) is 0.0144. The van der Waals surface area contributed by atoms with Crippen LogP contribution in [0.1, 0.15) is 59.2 Å². The molecule has 5 aromatic heterocycles. The van der Waals surface area contributed by atoms with E-state index >= 15 is 0 Å². The van der Waals surface area contributed by atoms with Crippen molar-refractivity contribution >= 4 is 40.8 Å². The average Bonchev–Trinajstić information content (AvgIpc) is 1.68. The summed E-state index contributed by atoms with van der Waals surface area (Å²) >= 11 is 1.61. The van der Waals surface area contributed by atoms with Crippen LogP contribution in [0.15, 0.2) is 128 Å². The largest absolute Gasteiger partial charge is 0.507 e. The second kappa shape index (κ2) is 53.3. The zero-order valence-corrected chi connectivity index (χ0v) is 71.3. The summed E-state index contributed by atoms with van der Waals surface area (Å²) in [4.78, 5) is 45.6. The summed E-state index contributed by atoms with van der Waals surface area (Å²) in [5.74, 6) is -0.328. The van der Waals surface area contributed by atoms with Crippen LogP contribution < -0.4 is 22.1 Å². The molecule has 3 atom stereocenters. The number of aliphatic hydroxyl groups excluding tert-OH is 1. The number of β-amino-alcohol motifs (C(OH)–C–C–N with tert-alkyl or cyclic N) is 1. The van der Waals surface area contributed by atoms with Gasteiger partial charge in [-0.15, -0.1) is 31.7 Å². The molecule has 662 valence electrons. The summed E-state index contributed by atoms with van der Waals surface area (Å²) in [6, 6.07) is 24.4.